The van der Waals surface area contributed by atoms with Crippen LogP contribution in [0.3, 0.4) is 0 Å². The summed E-state index contributed by atoms with van der Waals surface area (Å²) in [4.78, 5) is 0. The molecule has 16 heavy (non-hydrogen) atoms. The minimum Gasteiger partial charge on any atom is -0.454 e. The number of nitrogens with one attached hydrogen (secondary N) is 1. The van der Waals surface area contributed by atoms with E-state index in [-0.39, 0.29) is 12.7 Å². The topological polar surface area (TPSA) is 30.5 Å². The van der Waals surface area contributed by atoms with Gasteiger partial charge in [0.15, 0.2) is 11.5 Å². The van der Waals surface area contributed by atoms with Gasteiger partial charge in [0, 0.05) is 12.6 Å². The van der Waals surface area contributed by atoms with Crippen LogP contribution in [0.4, 0.5) is 4.39 Å². The zero-order chi connectivity index (χ0) is 11.4. The molecule has 1 aliphatic rings. The second-order valence-corrected chi connectivity index (χ2v) is 3.94. The van der Waals surface area contributed by atoms with Gasteiger partial charge in [-0.1, -0.05) is 6.07 Å². The molecule has 1 heterocycles. The van der Waals surface area contributed by atoms with Crippen LogP contribution < -0.4 is 14.8 Å². The summed E-state index contributed by atoms with van der Waals surface area (Å²) < 4.78 is 22.5. The predicted molar refractivity (Wildman–Crippen MR) is 59.7 cm³/mol. The Bertz CT molecular complexity index is 357. The van der Waals surface area contributed by atoms with Crippen molar-refractivity contribution >= 4 is 0 Å². The second-order valence-electron chi connectivity index (χ2n) is 3.94. The summed E-state index contributed by atoms with van der Waals surface area (Å²) in [6, 6.07) is 6.17. The molecular formula is C12H16FNO2. The summed E-state index contributed by atoms with van der Waals surface area (Å²) in [6.45, 7) is 2.42. The van der Waals surface area contributed by atoms with E-state index in [4.69, 9.17) is 9.47 Å². The van der Waals surface area contributed by atoms with Gasteiger partial charge in [-0.15, -0.1) is 0 Å². The molecule has 0 radical (unpaired) electrons. The molecule has 2 rings (SSSR count). The molecule has 3 nitrogen and oxygen atoms in total. The number of halogens is 1. The van der Waals surface area contributed by atoms with Crippen LogP contribution >= 0.6 is 0 Å². The lowest BCUT2D eigenvalue weighted by molar-refractivity contribution is 0.174. The number of hydrogen-bond acceptors (Lipinski definition) is 3. The third-order valence-electron chi connectivity index (χ3n) is 2.57. The van der Waals surface area contributed by atoms with Crippen LogP contribution in [0.25, 0.3) is 0 Å². The number of fused-ring (bicyclic) bond motifs is 1. The van der Waals surface area contributed by atoms with Gasteiger partial charge < -0.3 is 14.8 Å². The van der Waals surface area contributed by atoms with Crippen molar-refractivity contribution < 1.29 is 13.9 Å². The quantitative estimate of drug-likeness (QED) is 0.830. The molecule has 0 spiro atoms. The summed E-state index contributed by atoms with van der Waals surface area (Å²) in [5.74, 6) is 1.60. The van der Waals surface area contributed by atoms with Crippen molar-refractivity contribution in [2.24, 2.45) is 0 Å². The molecular weight excluding hydrogens is 209 g/mol. The summed E-state index contributed by atoms with van der Waals surface area (Å²) in [5.41, 5.74) is 1.17. The van der Waals surface area contributed by atoms with Crippen LogP contribution in [0.5, 0.6) is 11.5 Å². The maximum Gasteiger partial charge on any atom is 0.231 e. The molecule has 1 aromatic rings. The minimum absolute atomic E-state index is 0.260. The molecule has 0 aromatic heterocycles. The molecule has 0 saturated heterocycles. The van der Waals surface area contributed by atoms with E-state index in [1.165, 1.54) is 5.56 Å². The number of hydrogen-bond donors (Lipinski definition) is 1. The maximum atomic E-state index is 12.0. The standard InChI is InChI=1S/C12H16FNO2/c1-9(14-5-4-13)6-10-2-3-11-12(7-10)16-8-15-11/h2-3,7,9,14H,4-6,8H2,1H3. The molecule has 1 unspecified atom stereocenters. The van der Waals surface area contributed by atoms with Gasteiger partial charge in [0.25, 0.3) is 0 Å². The highest BCUT2D eigenvalue weighted by Gasteiger charge is 2.13. The lowest BCUT2D eigenvalue weighted by atomic mass is 10.1. The first-order valence-corrected chi connectivity index (χ1v) is 5.47. The zero-order valence-corrected chi connectivity index (χ0v) is 9.33. The fraction of sp³-hybridized carbons (Fsp3) is 0.500. The fourth-order valence-electron chi connectivity index (χ4n) is 1.79. The monoisotopic (exact) mass is 225 g/mol. The molecule has 1 atom stereocenters. The van der Waals surface area contributed by atoms with Crippen molar-refractivity contribution in [3.05, 3.63) is 23.8 Å². The van der Waals surface area contributed by atoms with Gasteiger partial charge in [0.05, 0.1) is 0 Å². The van der Waals surface area contributed by atoms with E-state index in [1.807, 2.05) is 25.1 Å². The zero-order valence-electron chi connectivity index (χ0n) is 9.33. The minimum atomic E-state index is -0.328. The van der Waals surface area contributed by atoms with Crippen molar-refractivity contribution in [1.82, 2.24) is 5.32 Å². The van der Waals surface area contributed by atoms with Crippen molar-refractivity contribution in [2.75, 3.05) is 20.0 Å². The van der Waals surface area contributed by atoms with E-state index in [2.05, 4.69) is 5.32 Å². The summed E-state index contributed by atoms with van der Waals surface area (Å²) in [6.07, 6.45) is 0.858. The Morgan fingerprint density at radius 2 is 2.19 bits per heavy atom. The number of rotatable bonds is 5. The Balaban J connectivity index is 1.94. The SMILES string of the molecule is CC(Cc1ccc2c(c1)OCO2)NCCF. The van der Waals surface area contributed by atoms with Gasteiger partial charge in [-0.2, -0.15) is 0 Å². The molecule has 0 bridgehead atoms. The Hall–Kier alpha value is -1.29. The molecule has 0 aliphatic carbocycles. The average molecular weight is 225 g/mol. The highest BCUT2D eigenvalue weighted by Crippen LogP contribution is 2.32. The molecule has 1 aliphatic heterocycles. The van der Waals surface area contributed by atoms with Gasteiger partial charge in [-0.05, 0) is 31.0 Å². The molecule has 0 fully saturated rings. The highest BCUT2D eigenvalue weighted by atomic mass is 19.1. The van der Waals surface area contributed by atoms with Crippen LogP contribution in [0.2, 0.25) is 0 Å². The highest BCUT2D eigenvalue weighted by molar-refractivity contribution is 5.44. The molecule has 1 N–H and O–H groups in total. The lowest BCUT2D eigenvalue weighted by Gasteiger charge is -2.12. The molecule has 1 aromatic carbocycles. The van der Waals surface area contributed by atoms with Crippen LogP contribution in [-0.4, -0.2) is 26.1 Å². The van der Waals surface area contributed by atoms with Crippen LogP contribution in [-0.2, 0) is 6.42 Å². The Labute approximate surface area is 94.6 Å². The van der Waals surface area contributed by atoms with E-state index >= 15 is 0 Å². The van der Waals surface area contributed by atoms with E-state index in [9.17, 15) is 4.39 Å². The van der Waals surface area contributed by atoms with Crippen molar-refractivity contribution in [2.45, 2.75) is 19.4 Å². The van der Waals surface area contributed by atoms with Gasteiger partial charge >= 0.3 is 0 Å². The summed E-state index contributed by atoms with van der Waals surface area (Å²) in [5, 5.41) is 3.10. The van der Waals surface area contributed by atoms with Gasteiger partial charge in [0.2, 0.25) is 6.79 Å². The first kappa shape index (κ1) is 11.2. The van der Waals surface area contributed by atoms with E-state index in [0.29, 0.717) is 13.3 Å². The first-order chi connectivity index (χ1) is 7.79. The average Bonchev–Trinajstić information content (AvgIpc) is 2.73. The molecule has 0 saturated carbocycles. The third-order valence-corrected chi connectivity index (χ3v) is 2.57. The Kier molecular flexibility index (Phi) is 3.62. The van der Waals surface area contributed by atoms with E-state index < -0.39 is 0 Å². The summed E-state index contributed by atoms with van der Waals surface area (Å²) >= 11 is 0. The predicted octanol–water partition coefficient (Wildman–Crippen LogP) is 1.91. The molecule has 0 amide bonds. The Morgan fingerprint density at radius 3 is 3.00 bits per heavy atom. The fourth-order valence-corrected chi connectivity index (χ4v) is 1.79. The first-order valence-electron chi connectivity index (χ1n) is 5.47. The summed E-state index contributed by atoms with van der Waals surface area (Å²) in [7, 11) is 0. The second kappa shape index (κ2) is 5.16. The molecule has 88 valence electrons. The van der Waals surface area contributed by atoms with E-state index in [0.717, 1.165) is 17.9 Å². The third kappa shape index (κ3) is 2.64. The van der Waals surface area contributed by atoms with Crippen molar-refractivity contribution in [3.8, 4) is 11.5 Å². The van der Waals surface area contributed by atoms with Gasteiger partial charge in [-0.3, -0.25) is 0 Å². The lowest BCUT2D eigenvalue weighted by Crippen LogP contribution is -2.29. The largest absolute Gasteiger partial charge is 0.454 e. The number of ether oxygens (including phenoxy) is 2. The smallest absolute Gasteiger partial charge is 0.231 e. The van der Waals surface area contributed by atoms with Crippen LogP contribution in [0.1, 0.15) is 12.5 Å². The maximum absolute atomic E-state index is 12.0. The number of alkyl halides is 1. The van der Waals surface area contributed by atoms with Crippen LogP contribution in [0.15, 0.2) is 18.2 Å². The normalized spacial score (nSPS) is 15.1. The Morgan fingerprint density at radius 1 is 1.38 bits per heavy atom. The van der Waals surface area contributed by atoms with Crippen LogP contribution in [0, 0.1) is 0 Å². The van der Waals surface area contributed by atoms with Gasteiger partial charge in [-0.25, -0.2) is 4.39 Å². The van der Waals surface area contributed by atoms with Gasteiger partial charge in [0.1, 0.15) is 6.67 Å². The van der Waals surface area contributed by atoms with E-state index in [1.54, 1.807) is 0 Å². The molecule has 4 heteroatoms. The number of benzene rings is 1. The van der Waals surface area contributed by atoms with Crippen molar-refractivity contribution in [1.29, 1.82) is 0 Å². The van der Waals surface area contributed by atoms with Crippen molar-refractivity contribution in [3.63, 3.8) is 0 Å².